The van der Waals surface area contributed by atoms with Crippen LogP contribution in [0, 0.1) is 0 Å². The first-order valence-electron chi connectivity index (χ1n) is 5.51. The van der Waals surface area contributed by atoms with Gasteiger partial charge >= 0.3 is 0 Å². The van der Waals surface area contributed by atoms with Crippen LogP contribution >= 0.6 is 11.6 Å². The minimum atomic E-state index is 0.712. The summed E-state index contributed by atoms with van der Waals surface area (Å²) in [5.41, 5.74) is 1.03. The molecule has 0 aliphatic carbocycles. The van der Waals surface area contributed by atoms with Crippen LogP contribution in [-0.4, -0.2) is 19.8 Å². The second-order valence-corrected chi connectivity index (χ2v) is 3.92. The summed E-state index contributed by atoms with van der Waals surface area (Å²) in [6.45, 7) is 5.97. The Hall–Kier alpha value is -0.990. The van der Waals surface area contributed by atoms with E-state index < -0.39 is 0 Å². The number of rotatable bonds is 8. The van der Waals surface area contributed by atoms with Crippen LogP contribution in [0.4, 0.5) is 5.69 Å². The van der Waals surface area contributed by atoms with E-state index in [1.165, 1.54) is 0 Å². The maximum absolute atomic E-state index is 5.86. The maximum Gasteiger partial charge on any atom is 0.0639 e. The van der Waals surface area contributed by atoms with Crippen molar-refractivity contribution in [3.8, 4) is 0 Å². The zero-order valence-electron chi connectivity index (χ0n) is 9.42. The summed E-state index contributed by atoms with van der Waals surface area (Å²) in [7, 11) is 0. The molecule has 2 nitrogen and oxygen atoms in total. The smallest absolute Gasteiger partial charge is 0.0639 e. The Morgan fingerprint density at radius 1 is 1.38 bits per heavy atom. The second-order valence-electron chi connectivity index (χ2n) is 3.48. The first-order valence-corrected chi connectivity index (χ1v) is 5.89. The largest absolute Gasteiger partial charge is 0.383 e. The van der Waals surface area contributed by atoms with Crippen LogP contribution in [0.3, 0.4) is 0 Å². The minimum absolute atomic E-state index is 0.712. The summed E-state index contributed by atoms with van der Waals surface area (Å²) >= 11 is 5.86. The molecule has 0 spiro atoms. The van der Waals surface area contributed by atoms with Crippen LogP contribution in [0.5, 0.6) is 0 Å². The highest BCUT2D eigenvalue weighted by Crippen LogP contribution is 2.14. The number of nitrogens with one attached hydrogen (secondary N) is 1. The van der Waals surface area contributed by atoms with Crippen molar-refractivity contribution >= 4 is 17.3 Å². The Morgan fingerprint density at radius 3 is 3.00 bits per heavy atom. The third-order valence-corrected chi connectivity index (χ3v) is 2.33. The Morgan fingerprint density at radius 2 is 2.25 bits per heavy atom. The summed E-state index contributed by atoms with van der Waals surface area (Å²) < 4.78 is 5.44. The van der Waals surface area contributed by atoms with E-state index in [0.29, 0.717) is 6.61 Å². The lowest BCUT2D eigenvalue weighted by atomic mass is 10.3. The van der Waals surface area contributed by atoms with Gasteiger partial charge in [0.05, 0.1) is 6.61 Å². The van der Waals surface area contributed by atoms with Crippen LogP contribution in [0.25, 0.3) is 0 Å². The first kappa shape index (κ1) is 13.1. The number of anilines is 1. The molecule has 1 N–H and O–H groups in total. The predicted octanol–water partition coefficient (Wildman–Crippen LogP) is 3.73. The second kappa shape index (κ2) is 8.20. The molecule has 0 unspecified atom stereocenters. The van der Waals surface area contributed by atoms with Crippen molar-refractivity contribution in [2.24, 2.45) is 0 Å². The normalized spacial score (nSPS) is 10.1. The van der Waals surface area contributed by atoms with Gasteiger partial charge in [-0.3, -0.25) is 0 Å². The van der Waals surface area contributed by atoms with E-state index in [4.69, 9.17) is 16.3 Å². The van der Waals surface area contributed by atoms with Gasteiger partial charge in [0.1, 0.15) is 0 Å². The molecule has 0 aliphatic rings. The predicted molar refractivity (Wildman–Crippen MR) is 70.2 cm³/mol. The fourth-order valence-corrected chi connectivity index (χ4v) is 1.49. The fourth-order valence-electron chi connectivity index (χ4n) is 1.30. The van der Waals surface area contributed by atoms with Gasteiger partial charge in [-0.05, 0) is 31.0 Å². The zero-order chi connectivity index (χ0) is 11.6. The Bertz CT molecular complexity index is 315. The molecule has 0 atom stereocenters. The molecule has 3 heteroatoms. The third-order valence-electron chi connectivity index (χ3n) is 2.10. The van der Waals surface area contributed by atoms with Crippen molar-refractivity contribution in [2.75, 3.05) is 25.1 Å². The molecular formula is C13H18ClNO. The molecular weight excluding hydrogens is 222 g/mol. The molecule has 0 saturated carbocycles. The number of hydrogen-bond donors (Lipinski definition) is 1. The van der Waals surface area contributed by atoms with Gasteiger partial charge in [-0.25, -0.2) is 0 Å². The van der Waals surface area contributed by atoms with Gasteiger partial charge in [-0.15, -0.1) is 6.58 Å². The summed E-state index contributed by atoms with van der Waals surface area (Å²) in [4.78, 5) is 0. The van der Waals surface area contributed by atoms with E-state index in [1.54, 1.807) is 0 Å². The Kier molecular flexibility index (Phi) is 6.70. The van der Waals surface area contributed by atoms with Crippen molar-refractivity contribution in [1.29, 1.82) is 0 Å². The van der Waals surface area contributed by atoms with Crippen LogP contribution < -0.4 is 5.32 Å². The molecule has 0 radical (unpaired) electrons. The number of allylic oxidation sites excluding steroid dienone is 1. The van der Waals surface area contributed by atoms with Gasteiger partial charge in [0.15, 0.2) is 0 Å². The lowest BCUT2D eigenvalue weighted by Gasteiger charge is -2.07. The van der Waals surface area contributed by atoms with Gasteiger partial charge in [-0.1, -0.05) is 23.7 Å². The fraction of sp³-hybridized carbons (Fsp3) is 0.385. The van der Waals surface area contributed by atoms with Gasteiger partial charge in [0.2, 0.25) is 0 Å². The molecule has 0 aliphatic heterocycles. The molecule has 0 saturated heterocycles. The number of ether oxygens (including phenoxy) is 1. The van der Waals surface area contributed by atoms with E-state index in [-0.39, 0.29) is 0 Å². The number of hydrogen-bond acceptors (Lipinski definition) is 2. The maximum atomic E-state index is 5.86. The van der Waals surface area contributed by atoms with Gasteiger partial charge in [0.25, 0.3) is 0 Å². The molecule has 1 aromatic rings. The lowest BCUT2D eigenvalue weighted by Crippen LogP contribution is -2.09. The molecule has 0 bridgehead atoms. The van der Waals surface area contributed by atoms with Crippen molar-refractivity contribution in [2.45, 2.75) is 12.8 Å². The average Bonchev–Trinajstić information content (AvgIpc) is 2.28. The minimum Gasteiger partial charge on any atom is -0.383 e. The highest BCUT2D eigenvalue weighted by molar-refractivity contribution is 6.30. The van der Waals surface area contributed by atoms with Crippen molar-refractivity contribution in [3.05, 3.63) is 41.9 Å². The first-order chi connectivity index (χ1) is 7.83. The topological polar surface area (TPSA) is 21.3 Å². The summed E-state index contributed by atoms with van der Waals surface area (Å²) in [5.74, 6) is 0. The van der Waals surface area contributed by atoms with Gasteiger partial charge in [-0.2, -0.15) is 0 Å². The van der Waals surface area contributed by atoms with E-state index in [2.05, 4.69) is 11.9 Å². The quantitative estimate of drug-likeness (QED) is 0.551. The summed E-state index contributed by atoms with van der Waals surface area (Å²) in [6.07, 6.45) is 3.97. The van der Waals surface area contributed by atoms with Gasteiger partial charge in [0, 0.05) is 23.9 Å². The average molecular weight is 240 g/mol. The molecule has 0 fully saturated rings. The Labute approximate surface area is 102 Å². The van der Waals surface area contributed by atoms with E-state index in [9.17, 15) is 0 Å². The summed E-state index contributed by atoms with van der Waals surface area (Å²) in [6, 6.07) is 7.68. The van der Waals surface area contributed by atoms with E-state index in [1.807, 2.05) is 30.3 Å². The highest BCUT2D eigenvalue weighted by atomic mass is 35.5. The van der Waals surface area contributed by atoms with Crippen molar-refractivity contribution in [3.63, 3.8) is 0 Å². The molecule has 1 aromatic carbocycles. The van der Waals surface area contributed by atoms with Crippen LogP contribution in [0.15, 0.2) is 36.9 Å². The highest BCUT2D eigenvalue weighted by Gasteiger charge is 1.93. The number of halogens is 1. The number of unbranched alkanes of at least 4 members (excludes halogenated alkanes) is 1. The van der Waals surface area contributed by atoms with Crippen molar-refractivity contribution in [1.82, 2.24) is 0 Å². The molecule has 0 amide bonds. The van der Waals surface area contributed by atoms with E-state index >= 15 is 0 Å². The standard InChI is InChI=1S/C13H18ClNO/c1-2-3-4-9-16-10-8-15-13-7-5-6-12(14)11-13/h2,5-7,11,15H,1,3-4,8-10H2. The molecule has 0 heterocycles. The zero-order valence-corrected chi connectivity index (χ0v) is 10.2. The van der Waals surface area contributed by atoms with Crippen LogP contribution in [0.1, 0.15) is 12.8 Å². The number of benzene rings is 1. The SMILES string of the molecule is C=CCCCOCCNc1cccc(Cl)c1. The molecule has 88 valence electrons. The van der Waals surface area contributed by atoms with Gasteiger partial charge < -0.3 is 10.1 Å². The lowest BCUT2D eigenvalue weighted by molar-refractivity contribution is 0.142. The monoisotopic (exact) mass is 239 g/mol. The molecule has 1 rings (SSSR count). The van der Waals surface area contributed by atoms with E-state index in [0.717, 1.165) is 36.7 Å². The molecule has 0 aromatic heterocycles. The summed E-state index contributed by atoms with van der Waals surface area (Å²) in [5, 5.41) is 3.99. The molecule has 16 heavy (non-hydrogen) atoms. The van der Waals surface area contributed by atoms with Crippen LogP contribution in [0.2, 0.25) is 5.02 Å². The third kappa shape index (κ3) is 5.79. The Balaban J connectivity index is 2.05. The van der Waals surface area contributed by atoms with Crippen molar-refractivity contribution < 1.29 is 4.74 Å². The van der Waals surface area contributed by atoms with Crippen LogP contribution in [-0.2, 0) is 4.74 Å².